The first-order valence-corrected chi connectivity index (χ1v) is 24.4. The quantitative estimate of drug-likeness (QED) is 0.0452. The summed E-state index contributed by atoms with van der Waals surface area (Å²) in [6.07, 6.45) is 45.6. The molecule has 1 unspecified atom stereocenters. The van der Waals surface area contributed by atoms with Gasteiger partial charge in [-0.05, 0) is 64.2 Å². The highest BCUT2D eigenvalue weighted by Gasteiger charge is 2.13. The molecule has 0 bridgehead atoms. The fourth-order valence-corrected chi connectivity index (χ4v) is 6.86. The van der Waals surface area contributed by atoms with Crippen LogP contribution in [-0.4, -0.2) is 112 Å². The number of carbonyl (C=O) groups is 2. The summed E-state index contributed by atoms with van der Waals surface area (Å²) in [6.45, 7) is 8.35. The Hall–Kier alpha value is -1.82. The van der Waals surface area contributed by atoms with Crippen LogP contribution in [0.1, 0.15) is 194 Å². The van der Waals surface area contributed by atoms with E-state index in [2.05, 4.69) is 38.2 Å². The Bertz CT molecular complexity index is 915. The molecule has 0 heterocycles. The second-order valence-electron chi connectivity index (χ2n) is 16.2. The highest BCUT2D eigenvalue weighted by atomic mass is 16.6. The van der Waals surface area contributed by atoms with E-state index in [9.17, 15) is 9.59 Å². The maximum absolute atomic E-state index is 10.9. The third-order valence-corrected chi connectivity index (χ3v) is 10.4. The highest BCUT2D eigenvalue weighted by Crippen LogP contribution is 2.12. The van der Waals surface area contributed by atoms with Crippen molar-refractivity contribution >= 4 is 11.9 Å². The lowest BCUT2D eigenvalue weighted by Crippen LogP contribution is -2.37. The Morgan fingerprint density at radius 1 is 0.424 bits per heavy atom. The van der Waals surface area contributed by atoms with Crippen LogP contribution in [0.15, 0.2) is 24.3 Å². The van der Waals surface area contributed by atoms with Gasteiger partial charge in [-0.2, -0.15) is 0 Å². The number of rotatable bonds is 50. The molecule has 0 amide bonds. The second kappa shape index (κ2) is 48.8. The van der Waals surface area contributed by atoms with Crippen LogP contribution in [0, 0.1) is 0 Å². The Kier molecular flexibility index (Phi) is 47.3. The zero-order chi connectivity index (χ0) is 43.0. The zero-order valence-electron chi connectivity index (χ0n) is 38.4. The Labute approximate surface area is 362 Å². The summed E-state index contributed by atoms with van der Waals surface area (Å²) in [5, 5.41) is 17.9. The van der Waals surface area contributed by atoms with Crippen molar-refractivity contribution in [2.75, 3.05) is 79.1 Å². The van der Waals surface area contributed by atoms with Gasteiger partial charge < -0.3 is 33.9 Å². The Morgan fingerprint density at radius 2 is 0.763 bits per heavy atom. The van der Waals surface area contributed by atoms with Crippen molar-refractivity contribution in [3.63, 3.8) is 0 Å². The van der Waals surface area contributed by atoms with Gasteiger partial charge in [0.1, 0.15) is 6.10 Å². The summed E-state index contributed by atoms with van der Waals surface area (Å²) in [5.41, 5.74) is 0. The molecule has 0 aromatic heterocycles. The van der Waals surface area contributed by atoms with Gasteiger partial charge in [0.05, 0.1) is 59.3 Å². The van der Waals surface area contributed by atoms with Crippen molar-refractivity contribution in [1.29, 1.82) is 0 Å². The molecule has 2 N–H and O–H groups in total. The van der Waals surface area contributed by atoms with Gasteiger partial charge in [-0.25, -0.2) is 0 Å². The van der Waals surface area contributed by atoms with Gasteiger partial charge in [0, 0.05) is 19.8 Å². The van der Waals surface area contributed by atoms with Gasteiger partial charge >= 0.3 is 11.9 Å². The number of hydrogen-bond acceptors (Lipinski definition) is 8. The smallest absolute Gasteiger partial charge is 0.317 e. The predicted octanol–water partition coefficient (Wildman–Crippen LogP) is 12.0. The second-order valence-corrected chi connectivity index (χ2v) is 16.2. The number of unbranched alkanes of at least 4 members (excludes halogenated alkanes) is 24. The van der Waals surface area contributed by atoms with Gasteiger partial charge in [0.25, 0.3) is 0 Å². The van der Waals surface area contributed by atoms with Crippen LogP contribution in [-0.2, 0) is 33.3 Å². The average Bonchev–Trinajstić information content (AvgIpc) is 3.21. The van der Waals surface area contributed by atoms with Gasteiger partial charge in [0.2, 0.25) is 0 Å². The molecule has 10 heteroatoms. The number of carboxylic acids is 2. The van der Waals surface area contributed by atoms with Crippen molar-refractivity contribution in [3.8, 4) is 0 Å². The maximum Gasteiger partial charge on any atom is 0.317 e. The normalized spacial score (nSPS) is 12.5. The average molecular weight is 840 g/mol. The Morgan fingerprint density at radius 3 is 1.19 bits per heavy atom. The molecule has 0 spiro atoms. The molecule has 0 aliphatic heterocycles. The van der Waals surface area contributed by atoms with Crippen LogP contribution < -0.4 is 0 Å². The van der Waals surface area contributed by atoms with E-state index in [1.54, 1.807) is 0 Å². The highest BCUT2D eigenvalue weighted by molar-refractivity contribution is 5.72. The molecule has 59 heavy (non-hydrogen) atoms. The first kappa shape index (κ1) is 57.2. The molecule has 0 radical (unpaired) electrons. The molecule has 0 rings (SSSR count). The van der Waals surface area contributed by atoms with Gasteiger partial charge in [-0.15, -0.1) is 0 Å². The fourth-order valence-electron chi connectivity index (χ4n) is 6.86. The van der Waals surface area contributed by atoms with E-state index in [4.69, 9.17) is 33.9 Å². The van der Waals surface area contributed by atoms with Crippen LogP contribution in [0.4, 0.5) is 0 Å². The number of carboxylic acid groups (broad SMARTS) is 2. The van der Waals surface area contributed by atoms with Gasteiger partial charge in [-0.1, -0.05) is 154 Å². The van der Waals surface area contributed by atoms with Crippen LogP contribution in [0.5, 0.6) is 0 Å². The molecule has 0 aliphatic carbocycles. The van der Waals surface area contributed by atoms with E-state index in [0.29, 0.717) is 39.6 Å². The molecule has 0 aliphatic rings. The molecule has 0 fully saturated rings. The van der Waals surface area contributed by atoms with Crippen molar-refractivity contribution in [3.05, 3.63) is 24.3 Å². The maximum atomic E-state index is 10.9. The van der Waals surface area contributed by atoms with Crippen LogP contribution in [0.3, 0.4) is 0 Å². The monoisotopic (exact) mass is 840 g/mol. The van der Waals surface area contributed by atoms with Crippen LogP contribution in [0.25, 0.3) is 0 Å². The van der Waals surface area contributed by atoms with E-state index < -0.39 is 11.9 Å². The largest absolute Gasteiger partial charge is 0.480 e. The summed E-state index contributed by atoms with van der Waals surface area (Å²) < 4.78 is 29.3. The predicted molar refractivity (Wildman–Crippen MR) is 244 cm³/mol. The SMILES string of the molecule is CCCCCCCC/C=C\CCCCCCCCOCC(COCCOCCOCCN(CC(=O)O)CC(=O)O)OCCCCCCCC/C=C\CCCCCCCC. The summed E-state index contributed by atoms with van der Waals surface area (Å²) in [6, 6.07) is 0. The minimum Gasteiger partial charge on any atom is -0.480 e. The van der Waals surface area contributed by atoms with E-state index in [-0.39, 0.29) is 32.3 Å². The molecule has 0 aromatic rings. The number of aliphatic carboxylic acids is 2. The summed E-state index contributed by atoms with van der Waals surface area (Å²) in [4.78, 5) is 23.2. The number of ether oxygens (including phenoxy) is 5. The standard InChI is InChI=1S/C49H93NO9/c1-3-5-7-9-11-13-15-17-19-21-23-25-27-29-31-33-36-57-45-47(46-58-42-41-56-40-39-55-38-35-50(43-48(51)52)44-49(53)54)59-37-34-32-30-28-26-24-22-20-18-16-14-12-10-8-6-4-2/h17-20,47H,3-16,21-46H2,1-2H3,(H,51,52)(H,53,54)/b19-17-,20-18-. The van der Waals surface area contributed by atoms with Gasteiger partial charge in [0.15, 0.2) is 0 Å². The molecule has 348 valence electrons. The number of hydrogen-bond donors (Lipinski definition) is 2. The van der Waals surface area contributed by atoms with E-state index in [0.717, 1.165) is 26.1 Å². The lowest BCUT2D eigenvalue weighted by molar-refractivity contribution is -0.142. The lowest BCUT2D eigenvalue weighted by atomic mass is 10.1. The molecule has 0 saturated heterocycles. The molecule has 0 aromatic carbocycles. The third kappa shape index (κ3) is 48.7. The third-order valence-electron chi connectivity index (χ3n) is 10.4. The summed E-state index contributed by atoms with van der Waals surface area (Å²) in [5.74, 6) is -2.14. The van der Waals surface area contributed by atoms with Crippen molar-refractivity contribution in [1.82, 2.24) is 4.90 Å². The zero-order valence-corrected chi connectivity index (χ0v) is 38.4. The molecule has 10 nitrogen and oxygen atoms in total. The van der Waals surface area contributed by atoms with E-state index in [1.165, 1.54) is 172 Å². The van der Waals surface area contributed by atoms with Crippen molar-refractivity contribution in [2.24, 2.45) is 0 Å². The molecule has 1 atom stereocenters. The first-order chi connectivity index (χ1) is 29.0. The summed E-state index contributed by atoms with van der Waals surface area (Å²) >= 11 is 0. The fraction of sp³-hybridized carbons (Fsp3) is 0.878. The number of nitrogens with zero attached hydrogens (tertiary/aromatic N) is 1. The minimum absolute atomic E-state index is 0.102. The van der Waals surface area contributed by atoms with E-state index in [1.807, 2.05) is 0 Å². The number of allylic oxidation sites excluding steroid dienone is 4. The van der Waals surface area contributed by atoms with E-state index >= 15 is 0 Å². The molecular weight excluding hydrogens is 747 g/mol. The van der Waals surface area contributed by atoms with Crippen molar-refractivity contribution < 1.29 is 43.5 Å². The summed E-state index contributed by atoms with van der Waals surface area (Å²) in [7, 11) is 0. The van der Waals surface area contributed by atoms with Crippen LogP contribution in [0.2, 0.25) is 0 Å². The lowest BCUT2D eigenvalue weighted by Gasteiger charge is -2.19. The topological polar surface area (TPSA) is 124 Å². The molecular formula is C49H93NO9. The van der Waals surface area contributed by atoms with Crippen molar-refractivity contribution in [2.45, 2.75) is 200 Å². The molecule has 0 saturated carbocycles. The van der Waals surface area contributed by atoms with Crippen LogP contribution >= 0.6 is 0 Å². The Balaban J connectivity index is 4.15. The van der Waals surface area contributed by atoms with Gasteiger partial charge in [-0.3, -0.25) is 14.5 Å². The first-order valence-electron chi connectivity index (χ1n) is 24.4. The minimum atomic E-state index is -1.07.